The second-order valence-corrected chi connectivity index (χ2v) is 4.07. The highest BCUT2D eigenvalue weighted by atomic mass is 16.5. The number of ether oxygens (including phenoxy) is 2. The van der Waals surface area contributed by atoms with Crippen molar-refractivity contribution in [2.24, 2.45) is 0 Å². The van der Waals surface area contributed by atoms with E-state index in [0.717, 1.165) is 24.2 Å². The Bertz CT molecular complexity index is 448. The van der Waals surface area contributed by atoms with Crippen molar-refractivity contribution in [3.8, 4) is 0 Å². The van der Waals surface area contributed by atoms with Crippen LogP contribution in [0.5, 0.6) is 0 Å². The molecule has 6 heteroatoms. The zero-order chi connectivity index (χ0) is 13.0. The minimum atomic E-state index is -0.406. The molecule has 0 aromatic carbocycles. The highest BCUT2D eigenvalue weighted by molar-refractivity contribution is 5.89. The van der Waals surface area contributed by atoms with Gasteiger partial charge in [0.25, 0.3) is 0 Å². The number of esters is 1. The lowest BCUT2D eigenvalue weighted by Crippen LogP contribution is -2.28. The van der Waals surface area contributed by atoms with Gasteiger partial charge in [0.2, 0.25) is 0 Å². The highest BCUT2D eigenvalue weighted by Crippen LogP contribution is 2.16. The van der Waals surface area contributed by atoms with Crippen molar-refractivity contribution >= 4 is 5.97 Å². The van der Waals surface area contributed by atoms with Crippen molar-refractivity contribution in [2.75, 3.05) is 27.4 Å². The fourth-order valence-electron chi connectivity index (χ4n) is 1.96. The van der Waals surface area contributed by atoms with E-state index >= 15 is 0 Å². The van der Waals surface area contributed by atoms with Gasteiger partial charge in [0, 0.05) is 38.6 Å². The zero-order valence-corrected chi connectivity index (χ0v) is 10.7. The molecular weight excluding hydrogens is 234 g/mol. The first-order chi connectivity index (χ1) is 8.76. The summed E-state index contributed by atoms with van der Waals surface area (Å²) in [6.45, 7) is 2.02. The third-order valence-corrected chi connectivity index (χ3v) is 2.89. The number of nitrogens with zero attached hydrogens (tertiary/aromatic N) is 2. The smallest absolute Gasteiger partial charge is 0.357 e. The maximum Gasteiger partial charge on any atom is 0.357 e. The molecule has 0 spiro atoms. The predicted octanol–water partition coefficient (Wildman–Crippen LogP) is 0.0978. The molecule has 0 amide bonds. The van der Waals surface area contributed by atoms with Crippen LogP contribution in [0.3, 0.4) is 0 Å². The topological polar surface area (TPSA) is 73.3 Å². The average molecular weight is 251 g/mol. The number of methoxy groups -OCH3 is 2. The lowest BCUT2D eigenvalue weighted by molar-refractivity contribution is 0.0591. The number of carbonyl (C=O) groups excluding carboxylic acids is 1. The molecule has 2 heterocycles. The van der Waals surface area contributed by atoms with Crippen LogP contribution in [-0.4, -0.2) is 43.3 Å². The molecule has 0 radical (unpaired) electrons. The van der Waals surface area contributed by atoms with Crippen LogP contribution in [0.4, 0.5) is 0 Å². The van der Waals surface area contributed by atoms with Gasteiger partial charge >= 0.3 is 5.97 Å². The Kier molecular flexibility index (Phi) is 4.22. The largest absolute Gasteiger partial charge is 0.464 e. The number of fused-ring (bicyclic) bond motifs is 1. The van der Waals surface area contributed by atoms with E-state index in [1.807, 2.05) is 0 Å². The van der Waals surface area contributed by atoms with Gasteiger partial charge in [-0.05, 0) is 0 Å². The van der Waals surface area contributed by atoms with Crippen LogP contribution in [0, 0.1) is 0 Å². The number of nitrogens with one attached hydrogen (secondary N) is 1. The van der Waals surface area contributed by atoms with Gasteiger partial charge in [0.1, 0.15) is 5.82 Å². The van der Waals surface area contributed by atoms with E-state index in [1.54, 1.807) is 7.11 Å². The summed E-state index contributed by atoms with van der Waals surface area (Å²) in [5, 5.41) is 3.21. The van der Waals surface area contributed by atoms with Gasteiger partial charge in [0.15, 0.2) is 5.69 Å². The third kappa shape index (κ3) is 2.65. The van der Waals surface area contributed by atoms with Crippen molar-refractivity contribution in [3.63, 3.8) is 0 Å². The fraction of sp³-hybridized carbons (Fsp3) is 0.583. The highest BCUT2D eigenvalue weighted by Gasteiger charge is 2.22. The summed E-state index contributed by atoms with van der Waals surface area (Å²) in [6.07, 6.45) is 1.41. The van der Waals surface area contributed by atoms with E-state index < -0.39 is 5.97 Å². The predicted molar refractivity (Wildman–Crippen MR) is 64.4 cm³/mol. The summed E-state index contributed by atoms with van der Waals surface area (Å²) in [4.78, 5) is 20.5. The molecule has 98 valence electrons. The molecule has 1 aromatic heterocycles. The number of rotatable bonds is 4. The zero-order valence-electron chi connectivity index (χ0n) is 10.7. The third-order valence-electron chi connectivity index (χ3n) is 2.89. The molecule has 1 aliphatic rings. The molecule has 0 bridgehead atoms. The minimum Gasteiger partial charge on any atom is -0.464 e. The molecule has 1 aromatic rings. The van der Waals surface area contributed by atoms with Crippen molar-refractivity contribution in [1.29, 1.82) is 0 Å². The summed E-state index contributed by atoms with van der Waals surface area (Å²) < 4.78 is 9.78. The van der Waals surface area contributed by atoms with E-state index in [4.69, 9.17) is 9.47 Å². The van der Waals surface area contributed by atoms with Gasteiger partial charge in [-0.15, -0.1) is 0 Å². The maximum atomic E-state index is 11.7. The van der Waals surface area contributed by atoms with Crippen LogP contribution >= 0.6 is 0 Å². The molecular formula is C12H17N3O3. The van der Waals surface area contributed by atoms with Crippen molar-refractivity contribution in [2.45, 2.75) is 19.4 Å². The van der Waals surface area contributed by atoms with Gasteiger partial charge in [-0.25, -0.2) is 14.8 Å². The molecule has 0 aliphatic carbocycles. The lowest BCUT2D eigenvalue weighted by atomic mass is 10.0. The molecule has 18 heavy (non-hydrogen) atoms. The first-order valence-corrected chi connectivity index (χ1v) is 5.93. The first-order valence-electron chi connectivity index (χ1n) is 5.93. The first kappa shape index (κ1) is 12.9. The Morgan fingerprint density at radius 1 is 1.39 bits per heavy atom. The minimum absolute atomic E-state index is 0.376. The SMILES string of the molecule is COCCc1nc2c(c(C(=O)OC)n1)CNCC2. The van der Waals surface area contributed by atoms with Crippen LogP contribution in [0.2, 0.25) is 0 Å². The Labute approximate surface area is 106 Å². The van der Waals surface area contributed by atoms with Gasteiger partial charge in [-0.1, -0.05) is 0 Å². The molecule has 1 N–H and O–H groups in total. The van der Waals surface area contributed by atoms with E-state index in [1.165, 1.54) is 7.11 Å². The van der Waals surface area contributed by atoms with E-state index in [0.29, 0.717) is 31.1 Å². The molecule has 0 saturated heterocycles. The standard InChI is InChI=1S/C12H17N3O3/c1-17-6-4-10-14-9-3-5-13-7-8(9)11(15-10)12(16)18-2/h13H,3-7H2,1-2H3. The average Bonchev–Trinajstić information content (AvgIpc) is 2.43. The van der Waals surface area contributed by atoms with Crippen molar-refractivity contribution < 1.29 is 14.3 Å². The van der Waals surface area contributed by atoms with Crippen molar-refractivity contribution in [1.82, 2.24) is 15.3 Å². The van der Waals surface area contributed by atoms with Gasteiger partial charge in [-0.2, -0.15) is 0 Å². The summed E-state index contributed by atoms with van der Waals surface area (Å²) in [5.41, 5.74) is 2.17. The second-order valence-electron chi connectivity index (χ2n) is 4.07. The monoisotopic (exact) mass is 251 g/mol. The second kappa shape index (κ2) is 5.88. The molecule has 0 saturated carbocycles. The van der Waals surface area contributed by atoms with Gasteiger partial charge in [-0.3, -0.25) is 0 Å². The molecule has 0 unspecified atom stereocenters. The van der Waals surface area contributed by atoms with E-state index in [9.17, 15) is 4.79 Å². The summed E-state index contributed by atoms with van der Waals surface area (Å²) in [5.74, 6) is 0.230. The number of aromatic nitrogens is 2. The molecule has 1 aliphatic heterocycles. The quantitative estimate of drug-likeness (QED) is 0.765. The van der Waals surface area contributed by atoms with Crippen LogP contribution in [0.1, 0.15) is 27.6 Å². The summed E-state index contributed by atoms with van der Waals surface area (Å²) in [7, 11) is 2.99. The fourth-order valence-corrected chi connectivity index (χ4v) is 1.96. The van der Waals surface area contributed by atoms with Gasteiger partial charge < -0.3 is 14.8 Å². The number of hydrogen-bond acceptors (Lipinski definition) is 6. The van der Waals surface area contributed by atoms with Crippen LogP contribution in [0.25, 0.3) is 0 Å². The number of hydrogen-bond donors (Lipinski definition) is 1. The van der Waals surface area contributed by atoms with Crippen LogP contribution in [0.15, 0.2) is 0 Å². The molecule has 0 atom stereocenters. The number of carbonyl (C=O) groups is 1. The molecule has 2 rings (SSSR count). The normalized spacial score (nSPS) is 14.1. The van der Waals surface area contributed by atoms with E-state index in [-0.39, 0.29) is 0 Å². The van der Waals surface area contributed by atoms with Crippen LogP contribution in [-0.2, 0) is 28.9 Å². The summed E-state index contributed by atoms with van der Waals surface area (Å²) >= 11 is 0. The maximum absolute atomic E-state index is 11.7. The van der Waals surface area contributed by atoms with Crippen molar-refractivity contribution in [3.05, 3.63) is 22.8 Å². The Hall–Kier alpha value is -1.53. The van der Waals surface area contributed by atoms with E-state index in [2.05, 4.69) is 15.3 Å². The van der Waals surface area contributed by atoms with Crippen LogP contribution < -0.4 is 5.32 Å². The lowest BCUT2D eigenvalue weighted by Gasteiger charge is -2.19. The Balaban J connectivity index is 2.37. The van der Waals surface area contributed by atoms with Gasteiger partial charge in [0.05, 0.1) is 19.4 Å². The molecule has 0 fully saturated rings. The Morgan fingerprint density at radius 3 is 2.94 bits per heavy atom. The summed E-state index contributed by atoms with van der Waals surface area (Å²) in [6, 6.07) is 0. The molecule has 6 nitrogen and oxygen atoms in total. The Morgan fingerprint density at radius 2 is 2.22 bits per heavy atom.